The topological polar surface area (TPSA) is 40.6 Å². The monoisotopic (exact) mass is 272 g/mol. The van der Waals surface area contributed by atoms with Crippen molar-refractivity contribution >= 4 is 17.9 Å². The lowest BCUT2D eigenvalue weighted by Crippen LogP contribution is -2.47. The van der Waals surface area contributed by atoms with Crippen LogP contribution in [-0.4, -0.2) is 48.3 Å². The van der Waals surface area contributed by atoms with Crippen LogP contribution in [-0.2, 0) is 9.59 Å². The quantitative estimate of drug-likeness (QED) is 0.619. The van der Waals surface area contributed by atoms with E-state index in [2.05, 4.69) is 6.92 Å². The second kappa shape index (κ2) is 6.89. The van der Waals surface area contributed by atoms with Gasteiger partial charge in [0.2, 0.25) is 12.3 Å². The Morgan fingerprint density at radius 3 is 2.35 bits per heavy atom. The Labute approximate surface area is 119 Å². The van der Waals surface area contributed by atoms with Gasteiger partial charge in [-0.2, -0.15) is 0 Å². The zero-order valence-electron chi connectivity index (χ0n) is 11.8. The van der Waals surface area contributed by atoms with E-state index in [1.54, 1.807) is 15.9 Å². The standard InChI is InChI=1S/C16H20N2O2/c1-2-14(15-6-4-3-5-7-15)12-16(20)18-10-8-17(13-19)9-11-18/h3-7,12-13H,2,8-11H2,1H3/b14-12+. The number of carbonyl (C=O) groups is 2. The number of hydrogen-bond donors (Lipinski definition) is 0. The molecule has 1 saturated heterocycles. The molecule has 0 radical (unpaired) electrons. The Kier molecular flexibility index (Phi) is 4.93. The summed E-state index contributed by atoms with van der Waals surface area (Å²) in [6, 6.07) is 9.97. The second-order valence-corrected chi connectivity index (χ2v) is 4.86. The maximum atomic E-state index is 12.3. The van der Waals surface area contributed by atoms with Crippen LogP contribution in [0, 0.1) is 0 Å². The highest BCUT2D eigenvalue weighted by Gasteiger charge is 2.19. The molecule has 0 N–H and O–H groups in total. The van der Waals surface area contributed by atoms with Crippen LogP contribution in [0.25, 0.3) is 5.57 Å². The summed E-state index contributed by atoms with van der Waals surface area (Å²) in [5.41, 5.74) is 2.14. The molecule has 20 heavy (non-hydrogen) atoms. The number of benzene rings is 1. The van der Waals surface area contributed by atoms with E-state index >= 15 is 0 Å². The summed E-state index contributed by atoms with van der Waals surface area (Å²) >= 11 is 0. The molecular weight excluding hydrogens is 252 g/mol. The Hall–Kier alpha value is -2.10. The molecule has 0 unspecified atom stereocenters. The minimum atomic E-state index is 0.0382. The lowest BCUT2D eigenvalue weighted by molar-refractivity contribution is -0.130. The molecule has 2 amide bonds. The third-order valence-electron chi connectivity index (χ3n) is 3.60. The zero-order chi connectivity index (χ0) is 14.4. The van der Waals surface area contributed by atoms with E-state index in [0.29, 0.717) is 26.2 Å². The van der Waals surface area contributed by atoms with Gasteiger partial charge in [-0.25, -0.2) is 0 Å². The van der Waals surface area contributed by atoms with Crippen LogP contribution >= 0.6 is 0 Å². The summed E-state index contributed by atoms with van der Waals surface area (Å²) < 4.78 is 0. The van der Waals surface area contributed by atoms with Crippen LogP contribution < -0.4 is 0 Å². The fourth-order valence-electron chi connectivity index (χ4n) is 2.33. The van der Waals surface area contributed by atoms with E-state index in [0.717, 1.165) is 24.0 Å². The number of rotatable bonds is 4. The molecule has 0 saturated carbocycles. The average Bonchev–Trinajstić information content (AvgIpc) is 2.53. The number of allylic oxidation sites excluding steroid dienone is 1. The van der Waals surface area contributed by atoms with Gasteiger partial charge in [0.05, 0.1) is 0 Å². The van der Waals surface area contributed by atoms with Gasteiger partial charge >= 0.3 is 0 Å². The molecule has 0 atom stereocenters. The molecule has 1 aliphatic heterocycles. The maximum absolute atomic E-state index is 12.3. The van der Waals surface area contributed by atoms with Crippen LogP contribution in [0.15, 0.2) is 36.4 Å². The Balaban J connectivity index is 2.05. The van der Waals surface area contributed by atoms with Gasteiger partial charge in [0.1, 0.15) is 0 Å². The number of carbonyl (C=O) groups excluding carboxylic acids is 2. The first kappa shape index (κ1) is 14.3. The molecule has 0 aromatic heterocycles. The van der Waals surface area contributed by atoms with Crippen LogP contribution in [0.1, 0.15) is 18.9 Å². The van der Waals surface area contributed by atoms with Gasteiger partial charge in [-0.3, -0.25) is 9.59 Å². The number of nitrogens with zero attached hydrogens (tertiary/aromatic N) is 2. The average molecular weight is 272 g/mol. The van der Waals surface area contributed by atoms with Crippen molar-refractivity contribution in [1.29, 1.82) is 0 Å². The summed E-state index contributed by atoms with van der Waals surface area (Å²) in [7, 11) is 0. The molecule has 4 heteroatoms. The van der Waals surface area contributed by atoms with Gasteiger partial charge in [-0.05, 0) is 17.6 Å². The van der Waals surface area contributed by atoms with Gasteiger partial charge < -0.3 is 9.80 Å². The Bertz CT molecular complexity index is 488. The highest BCUT2D eigenvalue weighted by molar-refractivity contribution is 5.95. The summed E-state index contributed by atoms with van der Waals surface area (Å²) in [5, 5.41) is 0. The largest absolute Gasteiger partial charge is 0.342 e. The molecule has 1 heterocycles. The van der Waals surface area contributed by atoms with E-state index in [1.807, 2.05) is 30.3 Å². The molecule has 4 nitrogen and oxygen atoms in total. The second-order valence-electron chi connectivity index (χ2n) is 4.86. The highest BCUT2D eigenvalue weighted by Crippen LogP contribution is 2.18. The maximum Gasteiger partial charge on any atom is 0.246 e. The molecule has 1 aromatic carbocycles. The molecule has 1 fully saturated rings. The number of hydrogen-bond acceptors (Lipinski definition) is 2. The smallest absolute Gasteiger partial charge is 0.246 e. The van der Waals surface area contributed by atoms with E-state index < -0.39 is 0 Å². The van der Waals surface area contributed by atoms with Crippen molar-refractivity contribution in [3.63, 3.8) is 0 Å². The number of piperazine rings is 1. The van der Waals surface area contributed by atoms with E-state index in [-0.39, 0.29) is 5.91 Å². The lowest BCUT2D eigenvalue weighted by atomic mass is 10.0. The Morgan fingerprint density at radius 2 is 1.80 bits per heavy atom. The predicted molar refractivity (Wildman–Crippen MR) is 78.9 cm³/mol. The van der Waals surface area contributed by atoms with Crippen LogP contribution in [0.4, 0.5) is 0 Å². The van der Waals surface area contributed by atoms with Gasteiger partial charge in [0.15, 0.2) is 0 Å². The minimum absolute atomic E-state index is 0.0382. The first-order chi connectivity index (χ1) is 9.74. The normalized spacial score (nSPS) is 16.1. The summed E-state index contributed by atoms with van der Waals surface area (Å²) in [6.45, 7) is 4.52. The van der Waals surface area contributed by atoms with Crippen molar-refractivity contribution in [1.82, 2.24) is 9.80 Å². The predicted octanol–water partition coefficient (Wildman–Crippen LogP) is 1.78. The van der Waals surface area contributed by atoms with Crippen molar-refractivity contribution in [2.24, 2.45) is 0 Å². The first-order valence-corrected chi connectivity index (χ1v) is 6.99. The van der Waals surface area contributed by atoms with Crippen LogP contribution in [0.2, 0.25) is 0 Å². The van der Waals surface area contributed by atoms with Gasteiger partial charge in [-0.15, -0.1) is 0 Å². The number of amides is 2. The van der Waals surface area contributed by atoms with Crippen molar-refractivity contribution in [3.05, 3.63) is 42.0 Å². The zero-order valence-corrected chi connectivity index (χ0v) is 11.8. The van der Waals surface area contributed by atoms with E-state index in [1.165, 1.54) is 0 Å². The molecule has 1 aromatic rings. The fourth-order valence-corrected chi connectivity index (χ4v) is 2.33. The third-order valence-corrected chi connectivity index (χ3v) is 3.60. The molecule has 0 spiro atoms. The van der Waals surface area contributed by atoms with Gasteiger partial charge in [0.25, 0.3) is 0 Å². The van der Waals surface area contributed by atoms with Crippen molar-refractivity contribution in [2.45, 2.75) is 13.3 Å². The molecular formula is C16H20N2O2. The fraction of sp³-hybridized carbons (Fsp3) is 0.375. The van der Waals surface area contributed by atoms with Crippen molar-refractivity contribution in [3.8, 4) is 0 Å². The Morgan fingerprint density at radius 1 is 1.15 bits per heavy atom. The van der Waals surface area contributed by atoms with Crippen LogP contribution in [0.3, 0.4) is 0 Å². The van der Waals surface area contributed by atoms with Crippen molar-refractivity contribution in [2.75, 3.05) is 26.2 Å². The van der Waals surface area contributed by atoms with E-state index in [4.69, 9.17) is 0 Å². The molecule has 1 aliphatic rings. The first-order valence-electron chi connectivity index (χ1n) is 6.99. The van der Waals surface area contributed by atoms with E-state index in [9.17, 15) is 9.59 Å². The molecule has 2 rings (SSSR count). The van der Waals surface area contributed by atoms with Gasteiger partial charge in [-0.1, -0.05) is 37.3 Å². The summed E-state index contributed by atoms with van der Waals surface area (Å²) in [6.07, 6.45) is 3.40. The van der Waals surface area contributed by atoms with Gasteiger partial charge in [0, 0.05) is 32.3 Å². The lowest BCUT2D eigenvalue weighted by Gasteiger charge is -2.32. The van der Waals surface area contributed by atoms with Crippen molar-refractivity contribution < 1.29 is 9.59 Å². The highest BCUT2D eigenvalue weighted by atomic mass is 16.2. The minimum Gasteiger partial charge on any atom is -0.342 e. The summed E-state index contributed by atoms with van der Waals surface area (Å²) in [4.78, 5) is 26.4. The SMILES string of the molecule is CC/C(=C\C(=O)N1CCN(C=O)CC1)c1ccccc1. The molecule has 0 aliphatic carbocycles. The van der Waals surface area contributed by atoms with Crippen LogP contribution in [0.5, 0.6) is 0 Å². The summed E-state index contributed by atoms with van der Waals surface area (Å²) in [5.74, 6) is 0.0382. The molecule has 0 bridgehead atoms. The molecule has 106 valence electrons. The third kappa shape index (κ3) is 3.47.